The second-order valence-corrected chi connectivity index (χ2v) is 8.97. The fourth-order valence-electron chi connectivity index (χ4n) is 4.41. The van der Waals surface area contributed by atoms with Crippen molar-refractivity contribution in [2.45, 2.75) is 45.3 Å². The number of fused-ring (bicyclic) bond motifs is 3. The minimum atomic E-state index is -0.586. The SMILES string of the molecule is Cc1cc(F)c(C(=O)Nc2cccc3c2O[C@@H](C)Cn2cnnc2-3)cc1-n1cnc(C2CC2)c1. The number of halogens is 1. The van der Waals surface area contributed by atoms with E-state index in [1.165, 1.54) is 6.07 Å². The van der Waals surface area contributed by atoms with Gasteiger partial charge in [0.2, 0.25) is 0 Å². The van der Waals surface area contributed by atoms with E-state index in [4.69, 9.17) is 4.74 Å². The lowest BCUT2D eigenvalue weighted by atomic mass is 10.1. The summed E-state index contributed by atoms with van der Waals surface area (Å²) in [4.78, 5) is 17.7. The molecular formula is C25H23FN6O2. The minimum Gasteiger partial charge on any atom is -0.486 e. The normalized spacial score (nSPS) is 16.9. The van der Waals surface area contributed by atoms with Gasteiger partial charge in [-0.15, -0.1) is 10.2 Å². The monoisotopic (exact) mass is 458 g/mol. The molecule has 1 amide bonds. The summed E-state index contributed by atoms with van der Waals surface area (Å²) in [5.74, 6) is 0.512. The Morgan fingerprint density at radius 1 is 1.24 bits per heavy atom. The Labute approximate surface area is 195 Å². The molecule has 2 aromatic heterocycles. The maximum absolute atomic E-state index is 14.9. The number of para-hydroxylation sites is 1. The molecular weight excluding hydrogens is 435 g/mol. The van der Waals surface area contributed by atoms with Crippen LogP contribution >= 0.6 is 0 Å². The van der Waals surface area contributed by atoms with Crippen molar-refractivity contribution in [2.24, 2.45) is 0 Å². The van der Waals surface area contributed by atoms with Gasteiger partial charge in [-0.05, 0) is 56.5 Å². The van der Waals surface area contributed by atoms with Crippen LogP contribution < -0.4 is 10.1 Å². The zero-order chi connectivity index (χ0) is 23.4. The molecule has 0 unspecified atom stereocenters. The number of benzene rings is 2. The summed E-state index contributed by atoms with van der Waals surface area (Å²) >= 11 is 0. The first-order valence-corrected chi connectivity index (χ1v) is 11.3. The third-order valence-electron chi connectivity index (χ3n) is 6.30. The molecule has 1 aliphatic heterocycles. The Hall–Kier alpha value is -4.01. The van der Waals surface area contributed by atoms with E-state index in [9.17, 15) is 9.18 Å². The van der Waals surface area contributed by atoms with E-state index in [0.717, 1.165) is 35.3 Å². The number of carbonyl (C=O) groups excluding carboxylic acids is 1. The van der Waals surface area contributed by atoms with E-state index in [-0.39, 0.29) is 11.7 Å². The third-order valence-corrected chi connectivity index (χ3v) is 6.30. The predicted octanol–water partition coefficient (Wildman–Crippen LogP) is 4.49. The number of rotatable bonds is 4. The average molecular weight is 458 g/mol. The predicted molar refractivity (Wildman–Crippen MR) is 124 cm³/mol. The number of ether oxygens (including phenoxy) is 1. The summed E-state index contributed by atoms with van der Waals surface area (Å²) in [6.45, 7) is 4.33. The smallest absolute Gasteiger partial charge is 0.258 e. The molecule has 1 aliphatic carbocycles. The Morgan fingerprint density at radius 3 is 2.91 bits per heavy atom. The third kappa shape index (κ3) is 3.53. The molecule has 9 heteroatoms. The van der Waals surface area contributed by atoms with Crippen molar-refractivity contribution in [3.63, 3.8) is 0 Å². The molecule has 2 aliphatic rings. The number of aryl methyl sites for hydroxylation is 1. The number of anilines is 1. The molecule has 4 aromatic rings. The molecule has 3 heterocycles. The first kappa shape index (κ1) is 20.6. The van der Waals surface area contributed by atoms with Gasteiger partial charge in [0, 0.05) is 12.1 Å². The Morgan fingerprint density at radius 2 is 2.09 bits per heavy atom. The Kier molecular flexibility index (Phi) is 4.72. The molecule has 6 rings (SSSR count). The lowest BCUT2D eigenvalue weighted by Crippen LogP contribution is -2.19. The molecule has 1 fully saturated rings. The first-order valence-electron chi connectivity index (χ1n) is 11.3. The topological polar surface area (TPSA) is 86.9 Å². The molecule has 1 N–H and O–H groups in total. The number of imidazole rings is 1. The molecule has 0 radical (unpaired) electrons. The highest BCUT2D eigenvalue weighted by Gasteiger charge is 2.27. The van der Waals surface area contributed by atoms with Crippen molar-refractivity contribution in [3.05, 3.63) is 71.8 Å². The van der Waals surface area contributed by atoms with Crippen LogP contribution in [0, 0.1) is 12.7 Å². The van der Waals surface area contributed by atoms with Gasteiger partial charge in [0.25, 0.3) is 5.91 Å². The van der Waals surface area contributed by atoms with Gasteiger partial charge in [0.15, 0.2) is 11.6 Å². The largest absolute Gasteiger partial charge is 0.486 e. The summed E-state index contributed by atoms with van der Waals surface area (Å²) in [6, 6.07) is 8.35. The van der Waals surface area contributed by atoms with Gasteiger partial charge in [0.05, 0.1) is 41.1 Å². The Bertz CT molecular complexity index is 1420. The number of nitrogens with one attached hydrogen (secondary N) is 1. The van der Waals surface area contributed by atoms with E-state index >= 15 is 0 Å². The average Bonchev–Trinajstić information content (AvgIpc) is 3.40. The van der Waals surface area contributed by atoms with E-state index in [1.807, 2.05) is 35.2 Å². The molecule has 34 heavy (non-hydrogen) atoms. The zero-order valence-electron chi connectivity index (χ0n) is 18.8. The van der Waals surface area contributed by atoms with Crippen LogP contribution in [0.15, 0.2) is 49.2 Å². The zero-order valence-corrected chi connectivity index (χ0v) is 18.8. The van der Waals surface area contributed by atoms with Crippen LogP contribution in [0.5, 0.6) is 5.75 Å². The van der Waals surface area contributed by atoms with E-state index in [1.54, 1.807) is 30.9 Å². The van der Waals surface area contributed by atoms with Crippen molar-refractivity contribution in [2.75, 3.05) is 5.32 Å². The van der Waals surface area contributed by atoms with Crippen LogP contribution in [-0.2, 0) is 6.54 Å². The van der Waals surface area contributed by atoms with Crippen LogP contribution in [-0.4, -0.2) is 36.3 Å². The van der Waals surface area contributed by atoms with Crippen molar-refractivity contribution in [3.8, 4) is 22.8 Å². The maximum atomic E-state index is 14.9. The van der Waals surface area contributed by atoms with Crippen molar-refractivity contribution < 1.29 is 13.9 Å². The van der Waals surface area contributed by atoms with E-state index < -0.39 is 11.7 Å². The molecule has 0 bridgehead atoms. The van der Waals surface area contributed by atoms with Crippen molar-refractivity contribution in [1.29, 1.82) is 0 Å². The highest BCUT2D eigenvalue weighted by molar-refractivity contribution is 6.06. The highest BCUT2D eigenvalue weighted by Crippen LogP contribution is 2.40. The second kappa shape index (κ2) is 7.79. The first-order chi connectivity index (χ1) is 16.5. The van der Waals surface area contributed by atoms with Gasteiger partial charge in [-0.1, -0.05) is 6.07 Å². The molecule has 1 atom stereocenters. The summed E-state index contributed by atoms with van der Waals surface area (Å²) in [7, 11) is 0. The molecule has 172 valence electrons. The molecule has 0 spiro atoms. The van der Waals surface area contributed by atoms with Gasteiger partial charge in [-0.25, -0.2) is 9.37 Å². The summed E-state index contributed by atoms with van der Waals surface area (Å²) < 4.78 is 24.8. The number of amides is 1. The van der Waals surface area contributed by atoms with Gasteiger partial charge in [-0.3, -0.25) is 4.79 Å². The van der Waals surface area contributed by atoms with Crippen LogP contribution in [0.2, 0.25) is 0 Å². The molecule has 1 saturated carbocycles. The highest BCUT2D eigenvalue weighted by atomic mass is 19.1. The summed E-state index contributed by atoms with van der Waals surface area (Å²) in [5, 5.41) is 11.1. The molecule has 8 nitrogen and oxygen atoms in total. The standard InChI is InChI=1S/C25H23FN6O2/c1-14-8-19(26)18(9-22(14)31-11-21(27-12-31)16-6-7-16)25(33)29-20-5-3-4-17-23(20)34-15(2)10-32-13-28-30-24(17)32/h3-5,8-9,11-13,15-16H,6-7,10H2,1-2H3,(H,29,33)/t15-/m0/s1. The lowest BCUT2D eigenvalue weighted by molar-refractivity contribution is 0.102. The minimum absolute atomic E-state index is 0.0512. The molecule has 2 aromatic carbocycles. The van der Waals surface area contributed by atoms with Gasteiger partial charge < -0.3 is 19.2 Å². The fourth-order valence-corrected chi connectivity index (χ4v) is 4.41. The van der Waals surface area contributed by atoms with E-state index in [2.05, 4.69) is 20.5 Å². The fraction of sp³-hybridized carbons (Fsp3) is 0.280. The van der Waals surface area contributed by atoms with Crippen LogP contribution in [0.1, 0.15) is 47.3 Å². The van der Waals surface area contributed by atoms with Crippen LogP contribution in [0.25, 0.3) is 17.1 Å². The summed E-state index contributed by atoms with van der Waals surface area (Å²) in [5.41, 5.74) is 3.59. The number of nitrogens with zero attached hydrogens (tertiary/aromatic N) is 5. The van der Waals surface area contributed by atoms with Gasteiger partial charge >= 0.3 is 0 Å². The van der Waals surface area contributed by atoms with Crippen LogP contribution in [0.3, 0.4) is 0 Å². The summed E-state index contributed by atoms with van der Waals surface area (Å²) in [6.07, 6.45) is 7.46. The molecule has 0 saturated heterocycles. The Balaban J connectivity index is 1.35. The number of hydrogen-bond acceptors (Lipinski definition) is 5. The van der Waals surface area contributed by atoms with Gasteiger partial charge in [0.1, 0.15) is 18.2 Å². The van der Waals surface area contributed by atoms with Crippen molar-refractivity contribution in [1.82, 2.24) is 24.3 Å². The number of carbonyl (C=O) groups is 1. The van der Waals surface area contributed by atoms with Gasteiger partial charge in [-0.2, -0.15) is 0 Å². The lowest BCUT2D eigenvalue weighted by Gasteiger charge is -2.17. The van der Waals surface area contributed by atoms with Crippen molar-refractivity contribution >= 4 is 11.6 Å². The van der Waals surface area contributed by atoms with Crippen LogP contribution in [0.4, 0.5) is 10.1 Å². The number of hydrogen-bond donors (Lipinski definition) is 1. The maximum Gasteiger partial charge on any atom is 0.258 e. The van der Waals surface area contributed by atoms with E-state index in [0.29, 0.717) is 29.7 Å². The number of aromatic nitrogens is 5. The second-order valence-electron chi connectivity index (χ2n) is 8.97. The quantitative estimate of drug-likeness (QED) is 0.487.